The van der Waals surface area contributed by atoms with Gasteiger partial charge in [0.1, 0.15) is 0 Å². The Morgan fingerprint density at radius 2 is 0.682 bits per heavy atom. The van der Waals surface area contributed by atoms with Gasteiger partial charge in [0.2, 0.25) is 0 Å². The molecule has 0 fully saturated rings. The fourth-order valence-electron chi connectivity index (χ4n) is 9.27. The van der Waals surface area contributed by atoms with Gasteiger partial charge in [-0.2, -0.15) is 0 Å². The minimum Gasteiger partial charge on any atom is -0.302 e. The van der Waals surface area contributed by atoms with E-state index in [9.17, 15) is 9.46 Å². The third-order valence-electron chi connectivity index (χ3n) is 13.2. The molecule has 0 heterocycles. The molecule has 3 aromatic rings. The van der Waals surface area contributed by atoms with E-state index in [4.69, 9.17) is 9.05 Å². The van der Waals surface area contributed by atoms with Crippen molar-refractivity contribution in [3.05, 3.63) is 108 Å². The average molecular weight is 929 g/mol. The molecule has 2 unspecified atom stereocenters. The lowest BCUT2D eigenvalue weighted by Crippen LogP contribution is -2.55. The molecule has 368 valence electrons. The minimum absolute atomic E-state index is 0.0171. The Hall–Kier alpha value is -3.22. The van der Waals surface area contributed by atoms with Gasteiger partial charge in [-0.3, -0.25) is 23.4 Å². The van der Waals surface area contributed by atoms with Crippen molar-refractivity contribution in [3.8, 4) is 0 Å². The topological polar surface area (TPSA) is 107 Å². The maximum absolute atomic E-state index is 15.2. The summed E-state index contributed by atoms with van der Waals surface area (Å²) < 4.78 is 25.8. The van der Waals surface area contributed by atoms with E-state index in [0.717, 1.165) is 44.9 Å². The van der Waals surface area contributed by atoms with Crippen LogP contribution >= 0.6 is 7.82 Å². The summed E-state index contributed by atoms with van der Waals surface area (Å²) in [5.41, 5.74) is -2.11. The van der Waals surface area contributed by atoms with Gasteiger partial charge in [-0.25, -0.2) is 4.57 Å². The number of unbranched alkanes of at least 4 members (excludes halogenated alkanes) is 29. The Morgan fingerprint density at radius 1 is 0.424 bits per heavy atom. The first-order chi connectivity index (χ1) is 32.3. The van der Waals surface area contributed by atoms with Crippen molar-refractivity contribution in [2.45, 2.75) is 225 Å². The highest BCUT2D eigenvalue weighted by atomic mass is 31.2. The van der Waals surface area contributed by atoms with Crippen molar-refractivity contribution in [2.24, 2.45) is 5.41 Å². The van der Waals surface area contributed by atoms with Crippen molar-refractivity contribution >= 4 is 25.2 Å². The van der Waals surface area contributed by atoms with Crippen molar-refractivity contribution < 1.29 is 32.9 Å². The van der Waals surface area contributed by atoms with Crippen LogP contribution < -0.4 is 0 Å². The molecule has 0 aliphatic heterocycles. The number of ketones is 3. The van der Waals surface area contributed by atoms with Crippen molar-refractivity contribution in [1.82, 2.24) is 0 Å². The lowest BCUT2D eigenvalue weighted by atomic mass is 9.65. The summed E-state index contributed by atoms with van der Waals surface area (Å²) in [6, 6.07) is 24.8. The fraction of sp³-hybridized carbons (Fsp3) is 0.638. The molecule has 0 aliphatic carbocycles. The van der Waals surface area contributed by atoms with Gasteiger partial charge in [-0.1, -0.05) is 297 Å². The van der Waals surface area contributed by atoms with Crippen LogP contribution in [0, 0.1) is 5.41 Å². The molecule has 66 heavy (non-hydrogen) atoms. The number of hydrogen-bond donors (Lipinski definition) is 1. The molecular formula is C58H89O7P. The third-order valence-corrected chi connectivity index (χ3v) is 14.3. The Labute approximate surface area is 401 Å². The highest BCUT2D eigenvalue weighted by Crippen LogP contribution is 2.51. The van der Waals surface area contributed by atoms with E-state index in [1.807, 2.05) is 0 Å². The monoisotopic (exact) mass is 929 g/mol. The van der Waals surface area contributed by atoms with Crippen LogP contribution in [0.25, 0.3) is 0 Å². The largest absolute Gasteiger partial charge is 0.472 e. The average Bonchev–Trinajstić information content (AvgIpc) is 3.34. The second kappa shape index (κ2) is 35.9. The van der Waals surface area contributed by atoms with E-state index in [1.54, 1.807) is 91.0 Å². The molecule has 2 atom stereocenters. The maximum Gasteiger partial charge on any atom is 0.472 e. The second-order valence-corrected chi connectivity index (χ2v) is 20.2. The van der Waals surface area contributed by atoms with Crippen molar-refractivity contribution in [1.29, 1.82) is 0 Å². The normalized spacial score (nSPS) is 13.1. The Balaban J connectivity index is 1.68. The van der Waals surface area contributed by atoms with Crippen LogP contribution in [-0.2, 0) is 13.6 Å². The fourth-order valence-corrected chi connectivity index (χ4v) is 10.3. The van der Waals surface area contributed by atoms with Crippen LogP contribution in [-0.4, -0.2) is 35.0 Å². The number of carbonyl (C=O) groups excluding carboxylic acids is 3. The van der Waals surface area contributed by atoms with Gasteiger partial charge >= 0.3 is 7.82 Å². The lowest BCUT2D eigenvalue weighted by Gasteiger charge is -2.37. The summed E-state index contributed by atoms with van der Waals surface area (Å²) in [5.74, 6) is -2.31. The van der Waals surface area contributed by atoms with E-state index in [0.29, 0.717) is 12.8 Å². The molecule has 0 radical (unpaired) electrons. The van der Waals surface area contributed by atoms with E-state index < -0.39 is 36.7 Å². The first-order valence-corrected chi connectivity index (χ1v) is 28.2. The molecule has 0 saturated heterocycles. The molecule has 0 amide bonds. The van der Waals surface area contributed by atoms with Crippen molar-refractivity contribution in [2.75, 3.05) is 6.61 Å². The van der Waals surface area contributed by atoms with Gasteiger partial charge in [0, 0.05) is 16.7 Å². The van der Waals surface area contributed by atoms with Crippen LogP contribution in [0.5, 0.6) is 0 Å². The van der Waals surface area contributed by atoms with Crippen LogP contribution in [0.15, 0.2) is 91.0 Å². The zero-order valence-corrected chi connectivity index (χ0v) is 42.3. The maximum atomic E-state index is 15.2. The zero-order valence-electron chi connectivity index (χ0n) is 41.4. The Bertz CT molecular complexity index is 1600. The van der Waals surface area contributed by atoms with E-state index >= 15 is 14.4 Å². The minimum atomic E-state index is -4.88. The van der Waals surface area contributed by atoms with E-state index in [1.165, 1.54) is 141 Å². The number of Topliss-reactive ketones (excluding diaryl/α,β-unsaturated/α-hetero) is 3. The number of rotatable bonds is 43. The van der Waals surface area contributed by atoms with Crippen LogP contribution in [0.3, 0.4) is 0 Å². The van der Waals surface area contributed by atoms with Gasteiger partial charge in [0.15, 0.2) is 22.8 Å². The summed E-state index contributed by atoms with van der Waals surface area (Å²) in [6.07, 6.45) is 35.1. The molecule has 1 N–H and O–H groups in total. The van der Waals surface area contributed by atoms with Gasteiger partial charge < -0.3 is 4.89 Å². The standard InChI is InChI=1S/C58H89O7P/c1-3-5-7-9-11-13-15-17-19-21-23-25-27-29-31-42-50-64-66(62,63)65-54(49-41-30-28-26-24-22-20-18-16-14-12-10-8-6-4-2)58(55(59)51-43-35-32-36-44-51,56(60)52-45-37-33-38-46-52)57(61)53-47-39-34-40-48-53/h32-40,43-48,54H,3-31,41-42,49-50H2,1-2H3,(H,62,63). The highest BCUT2D eigenvalue weighted by molar-refractivity contribution is 7.47. The van der Waals surface area contributed by atoms with Crippen LogP contribution in [0.1, 0.15) is 250 Å². The summed E-state index contributed by atoms with van der Waals surface area (Å²) in [7, 11) is -4.88. The molecule has 0 saturated carbocycles. The molecule has 0 aliphatic rings. The van der Waals surface area contributed by atoms with Gasteiger partial charge in [0.25, 0.3) is 0 Å². The summed E-state index contributed by atoms with van der Waals surface area (Å²) in [4.78, 5) is 57.0. The zero-order chi connectivity index (χ0) is 47.4. The quantitative estimate of drug-likeness (QED) is 0.0261. The number of phosphoric ester groups is 1. The molecule has 0 spiro atoms. The summed E-state index contributed by atoms with van der Waals surface area (Å²) in [6.45, 7) is 4.50. The number of hydrogen-bond acceptors (Lipinski definition) is 6. The predicted molar refractivity (Wildman–Crippen MR) is 274 cm³/mol. The summed E-state index contributed by atoms with van der Waals surface area (Å²) >= 11 is 0. The second-order valence-electron chi connectivity index (χ2n) is 18.8. The molecule has 3 aromatic carbocycles. The molecule has 0 aromatic heterocycles. The predicted octanol–water partition coefficient (Wildman–Crippen LogP) is 17.6. The highest BCUT2D eigenvalue weighted by Gasteiger charge is 2.60. The Kier molecular flexibility index (Phi) is 31.0. The first-order valence-electron chi connectivity index (χ1n) is 26.7. The Morgan fingerprint density at radius 3 is 0.970 bits per heavy atom. The van der Waals surface area contributed by atoms with E-state index in [2.05, 4.69) is 13.8 Å². The van der Waals surface area contributed by atoms with Crippen LogP contribution in [0.2, 0.25) is 0 Å². The van der Waals surface area contributed by atoms with Gasteiger partial charge in [-0.15, -0.1) is 0 Å². The number of benzene rings is 3. The smallest absolute Gasteiger partial charge is 0.302 e. The van der Waals surface area contributed by atoms with Gasteiger partial charge in [-0.05, 0) is 12.8 Å². The molecule has 8 heteroatoms. The van der Waals surface area contributed by atoms with Crippen molar-refractivity contribution in [3.63, 3.8) is 0 Å². The third kappa shape index (κ3) is 22.3. The number of phosphoric acid groups is 1. The SMILES string of the molecule is CCCCCCCCCCCCCCCCCCOP(=O)(O)OC(CCCCCCCCCCCCCCCCC)C(C(=O)c1ccccc1)(C(=O)c1ccccc1)C(=O)c1ccccc1. The molecule has 7 nitrogen and oxygen atoms in total. The first kappa shape index (κ1) is 57.1. The van der Waals surface area contributed by atoms with Crippen LogP contribution in [0.4, 0.5) is 0 Å². The molecule has 0 bridgehead atoms. The van der Waals surface area contributed by atoms with E-state index in [-0.39, 0.29) is 29.7 Å². The van der Waals surface area contributed by atoms with Gasteiger partial charge in [0.05, 0.1) is 12.7 Å². The number of carbonyl (C=O) groups is 3. The molecule has 3 rings (SSSR count). The molecular weight excluding hydrogens is 840 g/mol. The summed E-state index contributed by atoms with van der Waals surface area (Å²) in [5, 5.41) is 0. The lowest BCUT2D eigenvalue weighted by molar-refractivity contribution is 0.0169.